The van der Waals surface area contributed by atoms with E-state index in [1.165, 1.54) is 32.1 Å². The molecule has 4 rings (SSSR count). The molecule has 2 heterocycles. The average molecular weight is 412 g/mol. The molecular formula is C25H37N3O2. The Morgan fingerprint density at radius 3 is 2.43 bits per heavy atom. The Morgan fingerprint density at radius 1 is 1.10 bits per heavy atom. The van der Waals surface area contributed by atoms with Crippen LogP contribution in [0, 0.1) is 5.92 Å². The van der Waals surface area contributed by atoms with Gasteiger partial charge in [0.2, 0.25) is 0 Å². The van der Waals surface area contributed by atoms with Crippen LogP contribution >= 0.6 is 0 Å². The standard InChI is InChI=1S/C25H37N3O2/c1-5-26-14-18(2)28(19(3)15-26)25(29)22-17-27(16-20-10-7-6-8-11-20)24-21(22)12-9-13-23(24)30-4/h9,12-13,17-20H,5-8,10-11,14-16H2,1-4H3. The van der Waals surface area contributed by atoms with Crippen LogP contribution in [0.5, 0.6) is 5.75 Å². The fourth-order valence-electron chi connectivity index (χ4n) is 5.68. The Labute approximate surface area is 181 Å². The number of rotatable bonds is 5. The smallest absolute Gasteiger partial charge is 0.256 e. The third-order valence-electron chi connectivity index (χ3n) is 7.17. The number of benzene rings is 1. The van der Waals surface area contributed by atoms with Gasteiger partial charge in [0.25, 0.3) is 5.91 Å². The molecule has 2 aromatic rings. The van der Waals surface area contributed by atoms with Crippen molar-refractivity contribution in [3.8, 4) is 5.75 Å². The first kappa shape index (κ1) is 21.2. The number of hydrogen-bond donors (Lipinski definition) is 0. The monoisotopic (exact) mass is 411 g/mol. The predicted octanol–water partition coefficient (Wildman–Crippen LogP) is 4.78. The van der Waals surface area contributed by atoms with Gasteiger partial charge in [-0.15, -0.1) is 0 Å². The summed E-state index contributed by atoms with van der Waals surface area (Å²) in [6.07, 6.45) is 8.68. The Kier molecular flexibility index (Phi) is 6.37. The number of carbonyl (C=O) groups is 1. The van der Waals surface area contributed by atoms with Gasteiger partial charge in [-0.2, -0.15) is 0 Å². The largest absolute Gasteiger partial charge is 0.495 e. The van der Waals surface area contributed by atoms with Gasteiger partial charge < -0.3 is 14.2 Å². The van der Waals surface area contributed by atoms with Crippen LogP contribution in [-0.2, 0) is 6.54 Å². The van der Waals surface area contributed by atoms with Crippen LogP contribution < -0.4 is 4.74 Å². The lowest BCUT2D eigenvalue weighted by atomic mass is 9.89. The van der Waals surface area contributed by atoms with Crippen LogP contribution in [-0.4, -0.2) is 59.1 Å². The molecule has 2 unspecified atom stereocenters. The van der Waals surface area contributed by atoms with Gasteiger partial charge in [-0.1, -0.05) is 38.3 Å². The quantitative estimate of drug-likeness (QED) is 0.710. The molecule has 1 aromatic heterocycles. The molecule has 5 nitrogen and oxygen atoms in total. The number of para-hydroxylation sites is 1. The van der Waals surface area contributed by atoms with E-state index in [1.54, 1.807) is 7.11 Å². The summed E-state index contributed by atoms with van der Waals surface area (Å²) in [5.74, 6) is 1.71. The van der Waals surface area contributed by atoms with Gasteiger partial charge >= 0.3 is 0 Å². The second-order valence-electron chi connectivity index (χ2n) is 9.32. The molecule has 0 N–H and O–H groups in total. The molecule has 0 bridgehead atoms. The van der Waals surface area contributed by atoms with Crippen molar-refractivity contribution >= 4 is 16.8 Å². The van der Waals surface area contributed by atoms with Gasteiger partial charge in [-0.25, -0.2) is 0 Å². The number of ether oxygens (including phenoxy) is 1. The highest BCUT2D eigenvalue weighted by atomic mass is 16.5. The van der Waals surface area contributed by atoms with E-state index in [0.29, 0.717) is 5.92 Å². The second kappa shape index (κ2) is 9.01. The lowest BCUT2D eigenvalue weighted by Gasteiger charge is -2.44. The number of aromatic nitrogens is 1. The van der Waals surface area contributed by atoms with Crippen LogP contribution in [0.15, 0.2) is 24.4 Å². The molecule has 1 aromatic carbocycles. The molecule has 2 fully saturated rings. The van der Waals surface area contributed by atoms with Crippen LogP contribution in [0.1, 0.15) is 63.2 Å². The lowest BCUT2D eigenvalue weighted by Crippen LogP contribution is -2.58. The summed E-state index contributed by atoms with van der Waals surface area (Å²) in [5.41, 5.74) is 1.89. The van der Waals surface area contributed by atoms with E-state index >= 15 is 0 Å². The average Bonchev–Trinajstić information content (AvgIpc) is 3.12. The Hall–Kier alpha value is -2.01. The first-order valence-electron chi connectivity index (χ1n) is 11.7. The third-order valence-corrected chi connectivity index (χ3v) is 7.17. The summed E-state index contributed by atoms with van der Waals surface area (Å²) >= 11 is 0. The number of likely N-dealkylation sites (N-methyl/N-ethyl adjacent to an activating group) is 1. The third kappa shape index (κ3) is 3.96. The van der Waals surface area contributed by atoms with E-state index in [2.05, 4.69) is 47.4 Å². The van der Waals surface area contributed by atoms with Crippen molar-refractivity contribution in [3.63, 3.8) is 0 Å². The zero-order valence-electron chi connectivity index (χ0n) is 19.1. The van der Waals surface area contributed by atoms with Crippen LogP contribution in [0.3, 0.4) is 0 Å². The molecule has 2 aliphatic rings. The maximum atomic E-state index is 13.8. The molecule has 5 heteroatoms. The summed E-state index contributed by atoms with van der Waals surface area (Å²) in [6.45, 7) is 10.4. The number of nitrogens with zero attached hydrogens (tertiary/aromatic N) is 3. The first-order valence-corrected chi connectivity index (χ1v) is 11.7. The Morgan fingerprint density at radius 2 is 1.80 bits per heavy atom. The van der Waals surface area contributed by atoms with Gasteiger partial charge in [-0.05, 0) is 45.2 Å². The van der Waals surface area contributed by atoms with Crippen molar-refractivity contribution in [1.29, 1.82) is 0 Å². The van der Waals surface area contributed by atoms with E-state index in [4.69, 9.17) is 4.74 Å². The van der Waals surface area contributed by atoms with Gasteiger partial charge in [-0.3, -0.25) is 9.69 Å². The summed E-state index contributed by atoms with van der Waals surface area (Å²) in [7, 11) is 1.72. The number of amides is 1. The highest BCUT2D eigenvalue weighted by Gasteiger charge is 2.34. The van der Waals surface area contributed by atoms with E-state index < -0.39 is 0 Å². The first-order chi connectivity index (χ1) is 14.5. The zero-order valence-corrected chi connectivity index (χ0v) is 19.1. The van der Waals surface area contributed by atoms with Crippen molar-refractivity contribution in [3.05, 3.63) is 30.0 Å². The minimum atomic E-state index is 0.159. The maximum absolute atomic E-state index is 13.8. The highest BCUT2D eigenvalue weighted by Crippen LogP contribution is 2.34. The summed E-state index contributed by atoms with van der Waals surface area (Å²) < 4.78 is 8.01. The Bertz CT molecular complexity index is 872. The van der Waals surface area contributed by atoms with Crippen LogP contribution in [0.25, 0.3) is 10.9 Å². The Balaban J connectivity index is 1.71. The molecule has 30 heavy (non-hydrogen) atoms. The number of fused-ring (bicyclic) bond motifs is 1. The predicted molar refractivity (Wildman–Crippen MR) is 122 cm³/mol. The number of hydrogen-bond acceptors (Lipinski definition) is 3. The summed E-state index contributed by atoms with van der Waals surface area (Å²) in [5, 5.41) is 1.02. The van der Waals surface area contributed by atoms with Crippen molar-refractivity contribution in [2.45, 2.75) is 71.5 Å². The minimum Gasteiger partial charge on any atom is -0.495 e. The van der Waals surface area contributed by atoms with E-state index in [1.807, 2.05) is 12.1 Å². The van der Waals surface area contributed by atoms with Crippen molar-refractivity contribution in [2.24, 2.45) is 5.92 Å². The van der Waals surface area contributed by atoms with Gasteiger partial charge in [0, 0.05) is 43.3 Å². The fourth-order valence-corrected chi connectivity index (χ4v) is 5.68. The van der Waals surface area contributed by atoms with E-state index in [-0.39, 0.29) is 18.0 Å². The fraction of sp³-hybridized carbons (Fsp3) is 0.640. The molecule has 1 saturated heterocycles. The van der Waals surface area contributed by atoms with E-state index in [0.717, 1.165) is 48.4 Å². The lowest BCUT2D eigenvalue weighted by molar-refractivity contribution is 0.0303. The van der Waals surface area contributed by atoms with Crippen molar-refractivity contribution < 1.29 is 9.53 Å². The minimum absolute atomic E-state index is 0.159. The molecule has 164 valence electrons. The molecule has 0 spiro atoms. The second-order valence-corrected chi connectivity index (χ2v) is 9.32. The molecule has 1 saturated carbocycles. The van der Waals surface area contributed by atoms with Crippen molar-refractivity contribution in [1.82, 2.24) is 14.4 Å². The topological polar surface area (TPSA) is 37.7 Å². The summed E-state index contributed by atoms with van der Waals surface area (Å²) in [4.78, 5) is 18.3. The van der Waals surface area contributed by atoms with Crippen LogP contribution in [0.2, 0.25) is 0 Å². The molecule has 1 aliphatic heterocycles. The number of carbonyl (C=O) groups excluding carboxylic acids is 1. The van der Waals surface area contributed by atoms with Gasteiger partial charge in [0.15, 0.2) is 0 Å². The van der Waals surface area contributed by atoms with Gasteiger partial charge in [0.05, 0.1) is 18.2 Å². The normalized spacial score (nSPS) is 23.8. The molecule has 1 amide bonds. The van der Waals surface area contributed by atoms with Crippen molar-refractivity contribution in [2.75, 3.05) is 26.7 Å². The van der Waals surface area contributed by atoms with Crippen LogP contribution in [0.4, 0.5) is 0 Å². The van der Waals surface area contributed by atoms with Gasteiger partial charge in [0.1, 0.15) is 5.75 Å². The maximum Gasteiger partial charge on any atom is 0.256 e. The van der Waals surface area contributed by atoms with E-state index in [9.17, 15) is 4.79 Å². The number of piperazine rings is 1. The molecular weight excluding hydrogens is 374 g/mol. The number of methoxy groups -OCH3 is 1. The molecule has 1 aliphatic carbocycles. The zero-order chi connectivity index (χ0) is 21.3. The summed E-state index contributed by atoms with van der Waals surface area (Å²) in [6, 6.07) is 6.52. The molecule has 2 atom stereocenters. The molecule has 0 radical (unpaired) electrons. The SMILES string of the molecule is CCN1CC(C)N(C(=O)c2cn(CC3CCCCC3)c3c(OC)cccc23)C(C)C1. The highest BCUT2D eigenvalue weighted by molar-refractivity contribution is 6.08.